The minimum Gasteiger partial charge on any atom is -0.378 e. The molecule has 8 heteroatoms. The molecule has 0 radical (unpaired) electrons. The van der Waals surface area contributed by atoms with E-state index in [1.807, 2.05) is 18.3 Å². The van der Waals surface area contributed by atoms with E-state index in [1.165, 1.54) is 12.4 Å². The van der Waals surface area contributed by atoms with Gasteiger partial charge in [0.2, 0.25) is 0 Å². The fraction of sp³-hybridized carbons (Fsp3) is 0.0909. The Morgan fingerprint density at radius 3 is 2.70 bits per heavy atom. The number of rotatable bonds is 5. The highest BCUT2D eigenvalue weighted by Crippen LogP contribution is 2.25. The van der Waals surface area contributed by atoms with Crippen molar-refractivity contribution in [1.82, 2.24) is 25.4 Å². The van der Waals surface area contributed by atoms with Crippen LogP contribution in [0.15, 0.2) is 67.3 Å². The first-order valence-electron chi connectivity index (χ1n) is 9.58. The van der Waals surface area contributed by atoms with Gasteiger partial charge in [-0.05, 0) is 35.4 Å². The number of nitrogens with one attached hydrogen (secondary N) is 4. The number of hydrogen-bond donors (Lipinski definition) is 4. The minimum absolute atomic E-state index is 0.135. The summed E-state index contributed by atoms with van der Waals surface area (Å²) in [6, 6.07) is 11.9. The van der Waals surface area contributed by atoms with Gasteiger partial charge >= 0.3 is 0 Å². The largest absolute Gasteiger partial charge is 0.378 e. The van der Waals surface area contributed by atoms with Crippen molar-refractivity contribution in [2.75, 3.05) is 10.6 Å². The lowest BCUT2D eigenvalue weighted by Crippen LogP contribution is -2.22. The summed E-state index contributed by atoms with van der Waals surface area (Å²) in [5.41, 5.74) is 6.39. The fourth-order valence-corrected chi connectivity index (χ4v) is 3.51. The molecule has 1 aromatic carbocycles. The van der Waals surface area contributed by atoms with Crippen LogP contribution in [0.25, 0.3) is 17.2 Å². The number of nitrogens with zero attached hydrogens (tertiary/aromatic N) is 3. The Morgan fingerprint density at radius 2 is 1.93 bits per heavy atom. The zero-order valence-electron chi connectivity index (χ0n) is 16.0. The number of amides is 1. The van der Waals surface area contributed by atoms with Gasteiger partial charge in [0.15, 0.2) is 0 Å². The van der Waals surface area contributed by atoms with E-state index in [4.69, 9.17) is 0 Å². The first-order valence-corrected chi connectivity index (χ1v) is 9.58. The summed E-state index contributed by atoms with van der Waals surface area (Å²) in [6.45, 7) is 0. The summed E-state index contributed by atoms with van der Waals surface area (Å²) >= 11 is 0. The molecule has 0 saturated heterocycles. The third kappa shape index (κ3) is 3.70. The van der Waals surface area contributed by atoms with Gasteiger partial charge in [0.05, 0.1) is 30.3 Å². The lowest BCUT2D eigenvalue weighted by atomic mass is 10.0. The summed E-state index contributed by atoms with van der Waals surface area (Å²) < 4.78 is 0. The molecule has 1 unspecified atom stereocenters. The number of benzene rings is 1. The highest BCUT2D eigenvalue weighted by Gasteiger charge is 2.19. The number of carbonyl (C=O) groups excluding carboxylic acids is 1. The molecule has 1 aliphatic rings. The van der Waals surface area contributed by atoms with Crippen LogP contribution in [0.2, 0.25) is 0 Å². The van der Waals surface area contributed by atoms with E-state index in [0.29, 0.717) is 11.4 Å². The van der Waals surface area contributed by atoms with Crippen LogP contribution in [-0.4, -0.2) is 37.3 Å². The van der Waals surface area contributed by atoms with Gasteiger partial charge in [-0.15, -0.1) is 0 Å². The quantitative estimate of drug-likeness (QED) is 0.412. The lowest BCUT2D eigenvalue weighted by Gasteiger charge is -2.19. The first kappa shape index (κ1) is 17.9. The van der Waals surface area contributed by atoms with Crippen molar-refractivity contribution < 1.29 is 4.79 Å². The molecular formula is C22H19N7O. The molecule has 1 atom stereocenters. The highest BCUT2D eigenvalue weighted by atomic mass is 16.1. The van der Waals surface area contributed by atoms with Crippen molar-refractivity contribution in [2.24, 2.45) is 0 Å². The maximum absolute atomic E-state index is 12.5. The van der Waals surface area contributed by atoms with Gasteiger partial charge in [0.25, 0.3) is 5.91 Å². The Hall–Kier alpha value is -4.20. The SMILES string of the molecule is O=C(Nc1ccnnc1)c1cc2c([nH]1)CC(Nc1ccc(-c3cn[nH]c3)cc1)C=C2. The molecule has 0 spiro atoms. The van der Waals surface area contributed by atoms with Gasteiger partial charge in [-0.25, -0.2) is 0 Å². The van der Waals surface area contributed by atoms with Crippen LogP contribution < -0.4 is 10.6 Å². The Kier molecular flexibility index (Phi) is 4.57. The van der Waals surface area contributed by atoms with E-state index < -0.39 is 0 Å². The molecule has 0 bridgehead atoms. The number of aromatic nitrogens is 5. The third-order valence-corrected chi connectivity index (χ3v) is 5.02. The number of hydrogen-bond acceptors (Lipinski definition) is 5. The third-order valence-electron chi connectivity index (χ3n) is 5.02. The summed E-state index contributed by atoms with van der Waals surface area (Å²) in [6.07, 6.45) is 11.6. The number of aromatic amines is 2. The van der Waals surface area contributed by atoms with Crippen molar-refractivity contribution >= 4 is 23.4 Å². The van der Waals surface area contributed by atoms with Crippen LogP contribution in [0.1, 0.15) is 21.7 Å². The van der Waals surface area contributed by atoms with Gasteiger partial charge in [-0.1, -0.05) is 24.3 Å². The molecule has 5 rings (SSSR count). The fourth-order valence-electron chi connectivity index (χ4n) is 3.51. The normalized spacial score (nSPS) is 14.9. The minimum atomic E-state index is -0.204. The monoisotopic (exact) mass is 397 g/mol. The van der Waals surface area contributed by atoms with Gasteiger partial charge in [-0.3, -0.25) is 9.89 Å². The van der Waals surface area contributed by atoms with Crippen molar-refractivity contribution in [3.05, 3.63) is 84.2 Å². The molecule has 1 amide bonds. The maximum atomic E-state index is 12.5. The molecule has 0 fully saturated rings. The van der Waals surface area contributed by atoms with E-state index in [1.54, 1.807) is 12.3 Å². The number of anilines is 2. The molecule has 0 saturated carbocycles. The zero-order chi connectivity index (χ0) is 20.3. The molecule has 3 aromatic heterocycles. The van der Waals surface area contributed by atoms with E-state index >= 15 is 0 Å². The second-order valence-electron chi connectivity index (χ2n) is 7.08. The van der Waals surface area contributed by atoms with Gasteiger partial charge in [0, 0.05) is 29.6 Å². The summed E-state index contributed by atoms with van der Waals surface area (Å²) in [4.78, 5) is 15.7. The molecular weight excluding hydrogens is 378 g/mol. The molecule has 1 aliphatic carbocycles. The van der Waals surface area contributed by atoms with Crippen molar-refractivity contribution in [3.63, 3.8) is 0 Å². The molecule has 0 aliphatic heterocycles. The number of H-pyrrole nitrogens is 2. The van der Waals surface area contributed by atoms with Crippen LogP contribution in [0.5, 0.6) is 0 Å². The molecule has 148 valence electrons. The van der Waals surface area contributed by atoms with Crippen molar-refractivity contribution in [1.29, 1.82) is 0 Å². The summed E-state index contributed by atoms with van der Waals surface area (Å²) in [5.74, 6) is -0.204. The van der Waals surface area contributed by atoms with Crippen LogP contribution in [0.3, 0.4) is 0 Å². The van der Waals surface area contributed by atoms with E-state index in [9.17, 15) is 4.79 Å². The van der Waals surface area contributed by atoms with Crippen LogP contribution in [0, 0.1) is 0 Å². The van der Waals surface area contributed by atoms with Crippen LogP contribution >= 0.6 is 0 Å². The topological polar surface area (TPSA) is 111 Å². The first-order chi connectivity index (χ1) is 14.7. The van der Waals surface area contributed by atoms with E-state index in [2.05, 4.69) is 66.4 Å². The van der Waals surface area contributed by atoms with Gasteiger partial charge in [-0.2, -0.15) is 15.3 Å². The molecule has 30 heavy (non-hydrogen) atoms. The van der Waals surface area contributed by atoms with Gasteiger partial charge in [0.1, 0.15) is 5.69 Å². The maximum Gasteiger partial charge on any atom is 0.272 e. The molecule has 3 heterocycles. The standard InChI is InChI=1S/C22H19N7O/c30-22(28-19-7-8-23-26-13-19)21-9-15-3-6-18(10-20(15)29-21)27-17-4-1-14(2-5-17)16-11-24-25-12-16/h1-9,11-13,18,27,29H,10H2,(H,24,25)(H,23,28,30). The van der Waals surface area contributed by atoms with Crippen LogP contribution in [-0.2, 0) is 6.42 Å². The highest BCUT2D eigenvalue weighted by molar-refractivity contribution is 6.03. The molecule has 4 N–H and O–H groups in total. The smallest absolute Gasteiger partial charge is 0.272 e. The molecule has 4 aromatic rings. The second kappa shape index (κ2) is 7.67. The lowest BCUT2D eigenvalue weighted by molar-refractivity contribution is 0.102. The summed E-state index contributed by atoms with van der Waals surface area (Å²) in [5, 5.41) is 20.6. The number of carbonyl (C=O) groups is 1. The Labute approximate surface area is 172 Å². The van der Waals surface area contributed by atoms with Crippen molar-refractivity contribution in [2.45, 2.75) is 12.5 Å². The Bertz CT molecular complexity index is 1180. The zero-order valence-corrected chi connectivity index (χ0v) is 16.0. The van der Waals surface area contributed by atoms with Crippen molar-refractivity contribution in [3.8, 4) is 11.1 Å². The summed E-state index contributed by atoms with van der Waals surface area (Å²) in [7, 11) is 0. The predicted molar refractivity (Wildman–Crippen MR) is 115 cm³/mol. The molecule has 8 nitrogen and oxygen atoms in total. The predicted octanol–water partition coefficient (Wildman–Crippen LogP) is 3.50. The Balaban J connectivity index is 1.25. The van der Waals surface area contributed by atoms with E-state index in [0.717, 1.165) is 34.5 Å². The Morgan fingerprint density at radius 1 is 1.03 bits per heavy atom. The number of fused-ring (bicyclic) bond motifs is 1. The van der Waals surface area contributed by atoms with Crippen LogP contribution in [0.4, 0.5) is 11.4 Å². The van der Waals surface area contributed by atoms with E-state index in [-0.39, 0.29) is 11.9 Å². The average molecular weight is 397 g/mol. The van der Waals surface area contributed by atoms with Gasteiger partial charge < -0.3 is 15.6 Å². The average Bonchev–Trinajstić information content (AvgIpc) is 3.45. The second-order valence-corrected chi connectivity index (χ2v) is 7.08.